The largest absolute Gasteiger partial charge is 0.373 e. The van der Waals surface area contributed by atoms with E-state index in [1.807, 2.05) is 81.7 Å². The zero-order chi connectivity index (χ0) is 25.1. The Hall–Kier alpha value is -4.46. The Balaban J connectivity index is 1.52. The van der Waals surface area contributed by atoms with Crippen LogP contribution in [0.1, 0.15) is 34.3 Å². The van der Waals surface area contributed by atoms with Crippen molar-refractivity contribution in [1.29, 1.82) is 0 Å². The van der Waals surface area contributed by atoms with E-state index in [-0.39, 0.29) is 18.4 Å². The second-order valence-electron chi connectivity index (χ2n) is 8.89. The highest BCUT2D eigenvalue weighted by Gasteiger charge is 2.22. The molecule has 8 heteroatoms. The van der Waals surface area contributed by atoms with Gasteiger partial charge in [0.25, 0.3) is 0 Å². The number of H-pyrrole nitrogens is 2. The molecule has 4 N–H and O–H groups in total. The minimum atomic E-state index is -0.359. The Morgan fingerprint density at radius 1 is 1.03 bits per heavy atom. The number of amides is 1. The first-order valence-electron chi connectivity index (χ1n) is 12.0. The predicted molar refractivity (Wildman–Crippen MR) is 142 cm³/mol. The smallest absolute Gasteiger partial charge is 0.225 e. The molecule has 36 heavy (non-hydrogen) atoms. The molecule has 1 amide bonds. The van der Waals surface area contributed by atoms with E-state index >= 15 is 0 Å². The first-order chi connectivity index (χ1) is 17.5. The number of carbonyl (C=O) groups is 1. The SMILES string of the molecule is CNc1cc(C(Cc2c[nH]c3ccccc23)NC(=O)Cc2c(C)n[nH]c2C)nc(-c2ccccc2)n1. The third-order valence-electron chi connectivity index (χ3n) is 6.44. The van der Waals surface area contributed by atoms with Crippen LogP contribution in [0.5, 0.6) is 0 Å². The second-order valence-corrected chi connectivity index (χ2v) is 8.89. The van der Waals surface area contributed by atoms with E-state index in [2.05, 4.69) is 36.9 Å². The number of fused-ring (bicyclic) bond motifs is 1. The molecular weight excluding hydrogens is 450 g/mol. The molecule has 1 atom stereocenters. The normalized spacial score (nSPS) is 12.0. The molecule has 0 aliphatic rings. The Morgan fingerprint density at radius 2 is 1.81 bits per heavy atom. The van der Waals surface area contributed by atoms with Crippen LogP contribution in [0.4, 0.5) is 5.82 Å². The molecule has 0 saturated carbocycles. The fourth-order valence-corrected chi connectivity index (χ4v) is 4.48. The molecule has 8 nitrogen and oxygen atoms in total. The summed E-state index contributed by atoms with van der Waals surface area (Å²) in [5, 5.41) is 14.7. The Kier molecular flexibility index (Phi) is 6.49. The number of aromatic amines is 2. The number of para-hydroxylation sites is 1. The van der Waals surface area contributed by atoms with Crippen LogP contribution in [0.25, 0.3) is 22.3 Å². The van der Waals surface area contributed by atoms with Gasteiger partial charge in [-0.1, -0.05) is 48.5 Å². The van der Waals surface area contributed by atoms with Crippen LogP contribution >= 0.6 is 0 Å². The molecule has 0 spiro atoms. The molecule has 0 radical (unpaired) electrons. The molecule has 0 saturated heterocycles. The molecule has 0 fully saturated rings. The number of hydrogen-bond donors (Lipinski definition) is 4. The summed E-state index contributed by atoms with van der Waals surface area (Å²) >= 11 is 0. The van der Waals surface area contributed by atoms with Crippen molar-refractivity contribution in [1.82, 2.24) is 30.5 Å². The maximum atomic E-state index is 13.3. The highest BCUT2D eigenvalue weighted by molar-refractivity contribution is 5.83. The zero-order valence-corrected chi connectivity index (χ0v) is 20.6. The number of anilines is 1. The van der Waals surface area contributed by atoms with E-state index in [0.717, 1.165) is 44.7 Å². The fourth-order valence-electron chi connectivity index (χ4n) is 4.48. The molecule has 5 aromatic rings. The van der Waals surface area contributed by atoms with Gasteiger partial charge in [0.05, 0.1) is 23.9 Å². The van der Waals surface area contributed by atoms with Crippen molar-refractivity contribution in [3.8, 4) is 11.4 Å². The van der Waals surface area contributed by atoms with Gasteiger partial charge < -0.3 is 15.6 Å². The first-order valence-corrected chi connectivity index (χ1v) is 12.0. The topological polar surface area (TPSA) is 111 Å². The second kappa shape index (κ2) is 10.0. The highest BCUT2D eigenvalue weighted by atomic mass is 16.1. The van der Waals surface area contributed by atoms with Crippen molar-refractivity contribution < 1.29 is 4.79 Å². The number of benzene rings is 2. The summed E-state index contributed by atoms with van der Waals surface area (Å²) in [6.07, 6.45) is 2.83. The third kappa shape index (κ3) is 4.84. The van der Waals surface area contributed by atoms with E-state index in [1.54, 1.807) is 0 Å². The average Bonchev–Trinajstić information content (AvgIpc) is 3.46. The number of rotatable bonds is 8. The van der Waals surface area contributed by atoms with Crippen LogP contribution in [0, 0.1) is 13.8 Å². The predicted octanol–water partition coefficient (Wildman–Crippen LogP) is 4.65. The molecule has 5 rings (SSSR count). The monoisotopic (exact) mass is 479 g/mol. The Morgan fingerprint density at radius 3 is 2.56 bits per heavy atom. The lowest BCUT2D eigenvalue weighted by atomic mass is 10.0. The van der Waals surface area contributed by atoms with Crippen molar-refractivity contribution in [2.45, 2.75) is 32.7 Å². The number of aromatic nitrogens is 5. The van der Waals surface area contributed by atoms with Gasteiger partial charge in [0.1, 0.15) is 5.82 Å². The van der Waals surface area contributed by atoms with E-state index in [9.17, 15) is 4.79 Å². The number of nitrogens with one attached hydrogen (secondary N) is 4. The van der Waals surface area contributed by atoms with Crippen LogP contribution in [-0.2, 0) is 17.6 Å². The average molecular weight is 480 g/mol. The summed E-state index contributed by atoms with van der Waals surface area (Å²) in [4.78, 5) is 26.2. The Labute approximate surface area is 209 Å². The molecular formula is C28H29N7O. The number of carbonyl (C=O) groups excluding carboxylic acids is 1. The van der Waals surface area contributed by atoms with Gasteiger partial charge in [0, 0.05) is 53.5 Å². The lowest BCUT2D eigenvalue weighted by molar-refractivity contribution is -0.121. The minimum Gasteiger partial charge on any atom is -0.373 e. The van der Waals surface area contributed by atoms with Crippen molar-refractivity contribution in [2.24, 2.45) is 0 Å². The molecule has 182 valence electrons. The number of nitrogens with zero attached hydrogens (tertiary/aromatic N) is 3. The van der Waals surface area contributed by atoms with Crippen LogP contribution in [-0.4, -0.2) is 38.1 Å². The summed E-state index contributed by atoms with van der Waals surface area (Å²) in [7, 11) is 1.83. The van der Waals surface area contributed by atoms with Gasteiger partial charge in [-0.2, -0.15) is 5.10 Å². The van der Waals surface area contributed by atoms with Crippen LogP contribution in [0.2, 0.25) is 0 Å². The van der Waals surface area contributed by atoms with E-state index in [0.29, 0.717) is 18.1 Å². The summed E-state index contributed by atoms with van der Waals surface area (Å²) in [6, 6.07) is 19.6. The summed E-state index contributed by atoms with van der Waals surface area (Å²) in [5.41, 5.74) is 6.48. The highest BCUT2D eigenvalue weighted by Crippen LogP contribution is 2.27. The van der Waals surface area contributed by atoms with Crippen molar-refractivity contribution in [3.05, 3.63) is 95.1 Å². The quantitative estimate of drug-likeness (QED) is 0.259. The van der Waals surface area contributed by atoms with Crippen molar-refractivity contribution in [3.63, 3.8) is 0 Å². The first kappa shape index (κ1) is 23.3. The van der Waals surface area contributed by atoms with Gasteiger partial charge in [0.2, 0.25) is 5.91 Å². The standard InChI is InChI=1S/C28H29N7O/c1-17-22(18(2)35-34-17)14-27(36)31-24(13-20-16-30-23-12-8-7-11-21(20)23)25-15-26(29-3)33-28(32-25)19-9-5-4-6-10-19/h4-12,15-16,24,30H,13-14H2,1-3H3,(H,31,36)(H,34,35)(H,29,32,33). The van der Waals surface area contributed by atoms with Crippen LogP contribution < -0.4 is 10.6 Å². The van der Waals surface area contributed by atoms with Gasteiger partial charge in [-0.3, -0.25) is 9.89 Å². The summed E-state index contributed by atoms with van der Waals surface area (Å²) in [5.74, 6) is 1.22. The van der Waals surface area contributed by atoms with Crippen molar-refractivity contribution in [2.75, 3.05) is 12.4 Å². The molecule has 0 bridgehead atoms. The molecule has 3 aromatic heterocycles. The van der Waals surface area contributed by atoms with E-state index in [4.69, 9.17) is 4.98 Å². The zero-order valence-electron chi connectivity index (χ0n) is 20.6. The van der Waals surface area contributed by atoms with Gasteiger partial charge >= 0.3 is 0 Å². The fraction of sp³-hybridized carbons (Fsp3) is 0.214. The lowest BCUT2D eigenvalue weighted by Gasteiger charge is -2.20. The molecule has 1 unspecified atom stereocenters. The van der Waals surface area contributed by atoms with Crippen LogP contribution in [0.15, 0.2) is 66.9 Å². The van der Waals surface area contributed by atoms with Crippen molar-refractivity contribution >= 4 is 22.6 Å². The summed E-state index contributed by atoms with van der Waals surface area (Å²) in [6.45, 7) is 3.84. The minimum absolute atomic E-state index is 0.0849. The molecule has 2 aromatic carbocycles. The molecule has 0 aliphatic carbocycles. The third-order valence-corrected chi connectivity index (χ3v) is 6.44. The molecule has 0 aliphatic heterocycles. The van der Waals surface area contributed by atoms with Gasteiger partial charge in [-0.25, -0.2) is 9.97 Å². The molecule has 3 heterocycles. The lowest BCUT2D eigenvalue weighted by Crippen LogP contribution is -2.32. The van der Waals surface area contributed by atoms with Gasteiger partial charge in [-0.15, -0.1) is 0 Å². The summed E-state index contributed by atoms with van der Waals surface area (Å²) < 4.78 is 0. The van der Waals surface area contributed by atoms with Gasteiger partial charge in [-0.05, 0) is 25.5 Å². The van der Waals surface area contributed by atoms with Gasteiger partial charge in [0.15, 0.2) is 5.82 Å². The maximum Gasteiger partial charge on any atom is 0.225 e. The van der Waals surface area contributed by atoms with E-state index in [1.165, 1.54) is 0 Å². The van der Waals surface area contributed by atoms with E-state index < -0.39 is 0 Å². The Bertz CT molecular complexity index is 1480. The maximum absolute atomic E-state index is 13.3. The number of hydrogen-bond acceptors (Lipinski definition) is 5. The van der Waals surface area contributed by atoms with Crippen LogP contribution in [0.3, 0.4) is 0 Å². The number of aryl methyl sites for hydroxylation is 2.